The van der Waals surface area contributed by atoms with Crippen molar-refractivity contribution in [1.82, 2.24) is 0 Å². The first-order valence-corrected chi connectivity index (χ1v) is 9.05. The minimum Gasteiger partial charge on any atom is -0.396 e. The van der Waals surface area contributed by atoms with E-state index >= 15 is 0 Å². The lowest BCUT2D eigenvalue weighted by molar-refractivity contribution is 0.198. The molecule has 0 aromatic heterocycles. The Hall–Kier alpha value is -0.0800. The van der Waals surface area contributed by atoms with Gasteiger partial charge in [-0.2, -0.15) is 0 Å². The topological polar surface area (TPSA) is 40.5 Å². The molecule has 21 heavy (non-hydrogen) atoms. The Morgan fingerprint density at radius 3 is 1.29 bits per heavy atom. The van der Waals surface area contributed by atoms with E-state index in [0.29, 0.717) is 24.0 Å². The summed E-state index contributed by atoms with van der Waals surface area (Å²) < 4.78 is 0. The zero-order chi connectivity index (χ0) is 16.2. The van der Waals surface area contributed by atoms with Crippen LogP contribution in [0.5, 0.6) is 0 Å². The molecule has 0 saturated heterocycles. The van der Waals surface area contributed by atoms with Gasteiger partial charge in [-0.15, -0.1) is 0 Å². The summed E-state index contributed by atoms with van der Waals surface area (Å²) in [5.74, 6) is 0. The number of hydrogen-bond acceptors (Lipinski definition) is 2. The molecule has 0 aromatic carbocycles. The quantitative estimate of drug-likeness (QED) is 0.426. The Morgan fingerprint density at radius 1 is 0.476 bits per heavy atom. The first-order chi connectivity index (χ1) is 9.83. The number of aliphatic hydroxyl groups excluding tert-OH is 2. The molecule has 2 N–H and O–H groups in total. The van der Waals surface area contributed by atoms with Gasteiger partial charge in [-0.25, -0.2) is 0 Å². The van der Waals surface area contributed by atoms with Crippen molar-refractivity contribution in [3.05, 3.63) is 0 Å². The number of aliphatic hydroxyl groups is 2. The fraction of sp³-hybridized carbons (Fsp3) is 1.00. The normalized spacial score (nSPS) is 12.9. The standard InChI is InChI=1S/C19H40O2/c1-18(2,14-11-16-20)12-9-7-5-6-8-10-13-19(3,4)15-17-21/h20-21H,5-17H2,1-4H3. The van der Waals surface area contributed by atoms with Gasteiger partial charge in [0.2, 0.25) is 0 Å². The van der Waals surface area contributed by atoms with Crippen LogP contribution in [0.4, 0.5) is 0 Å². The van der Waals surface area contributed by atoms with Gasteiger partial charge in [-0.05, 0) is 42.9 Å². The summed E-state index contributed by atoms with van der Waals surface area (Å²) >= 11 is 0. The molecule has 128 valence electrons. The van der Waals surface area contributed by atoms with Crippen LogP contribution in [0, 0.1) is 10.8 Å². The van der Waals surface area contributed by atoms with Crippen LogP contribution in [-0.4, -0.2) is 23.4 Å². The molecule has 2 nitrogen and oxygen atoms in total. The van der Waals surface area contributed by atoms with Gasteiger partial charge < -0.3 is 10.2 Å². The molecule has 0 unspecified atom stereocenters. The zero-order valence-corrected chi connectivity index (χ0v) is 15.1. The molecular formula is C19H40O2. The van der Waals surface area contributed by atoms with Crippen molar-refractivity contribution < 1.29 is 10.2 Å². The molecule has 0 amide bonds. The number of unbranched alkanes of at least 4 members (excludes halogenated alkanes) is 5. The molecule has 0 aliphatic carbocycles. The highest BCUT2D eigenvalue weighted by Gasteiger charge is 2.17. The summed E-state index contributed by atoms with van der Waals surface area (Å²) in [5, 5.41) is 17.9. The lowest BCUT2D eigenvalue weighted by Gasteiger charge is -2.24. The molecule has 0 bridgehead atoms. The van der Waals surface area contributed by atoms with E-state index < -0.39 is 0 Å². The highest BCUT2D eigenvalue weighted by Crippen LogP contribution is 2.30. The van der Waals surface area contributed by atoms with Crippen LogP contribution in [0.1, 0.15) is 98.3 Å². The molecule has 0 heterocycles. The maximum atomic E-state index is 9.01. The van der Waals surface area contributed by atoms with E-state index in [4.69, 9.17) is 10.2 Å². The van der Waals surface area contributed by atoms with E-state index in [-0.39, 0.29) is 0 Å². The van der Waals surface area contributed by atoms with Crippen LogP contribution >= 0.6 is 0 Å². The molecule has 0 fully saturated rings. The van der Waals surface area contributed by atoms with E-state index in [9.17, 15) is 0 Å². The minimum absolute atomic E-state index is 0.311. The summed E-state index contributed by atoms with van der Waals surface area (Å²) in [6.07, 6.45) is 13.6. The summed E-state index contributed by atoms with van der Waals surface area (Å²) in [4.78, 5) is 0. The van der Waals surface area contributed by atoms with Crippen molar-refractivity contribution in [3.63, 3.8) is 0 Å². The first-order valence-electron chi connectivity index (χ1n) is 9.05. The van der Waals surface area contributed by atoms with E-state index in [2.05, 4.69) is 27.7 Å². The SMILES string of the molecule is CC(C)(CCO)CCCCCCCCC(C)(C)CCCO. The Bertz CT molecular complexity index is 234. The molecule has 0 rings (SSSR count). The Labute approximate surface area is 133 Å². The third-order valence-corrected chi connectivity index (χ3v) is 4.76. The minimum atomic E-state index is 0.311. The molecule has 0 aliphatic heterocycles. The molecular weight excluding hydrogens is 260 g/mol. The van der Waals surface area contributed by atoms with Crippen molar-refractivity contribution in [3.8, 4) is 0 Å². The van der Waals surface area contributed by atoms with Crippen LogP contribution in [0.15, 0.2) is 0 Å². The van der Waals surface area contributed by atoms with Gasteiger partial charge >= 0.3 is 0 Å². The van der Waals surface area contributed by atoms with Gasteiger partial charge in [0, 0.05) is 13.2 Å². The Morgan fingerprint density at radius 2 is 0.857 bits per heavy atom. The lowest BCUT2D eigenvalue weighted by atomic mass is 9.82. The second kappa shape index (κ2) is 11.5. The second-order valence-corrected chi connectivity index (χ2v) is 8.25. The van der Waals surface area contributed by atoms with Gasteiger partial charge in [0.15, 0.2) is 0 Å². The van der Waals surface area contributed by atoms with Gasteiger partial charge in [0.1, 0.15) is 0 Å². The van der Waals surface area contributed by atoms with Gasteiger partial charge in [-0.1, -0.05) is 66.2 Å². The maximum Gasteiger partial charge on any atom is 0.0436 e. The average molecular weight is 301 g/mol. The van der Waals surface area contributed by atoms with Gasteiger partial charge in [0.05, 0.1) is 0 Å². The van der Waals surface area contributed by atoms with Crippen LogP contribution in [0.25, 0.3) is 0 Å². The first kappa shape index (κ1) is 20.9. The van der Waals surface area contributed by atoms with Gasteiger partial charge in [0.25, 0.3) is 0 Å². The lowest BCUT2D eigenvalue weighted by Crippen LogP contribution is -2.13. The van der Waals surface area contributed by atoms with E-state index in [1.165, 1.54) is 51.4 Å². The summed E-state index contributed by atoms with van der Waals surface area (Å²) in [5.41, 5.74) is 0.711. The number of rotatable bonds is 14. The maximum absolute atomic E-state index is 9.01. The van der Waals surface area contributed by atoms with Crippen molar-refractivity contribution in [2.75, 3.05) is 13.2 Å². The van der Waals surface area contributed by atoms with Crippen molar-refractivity contribution in [2.45, 2.75) is 98.3 Å². The molecule has 0 aliphatic rings. The second-order valence-electron chi connectivity index (χ2n) is 8.25. The van der Waals surface area contributed by atoms with Crippen molar-refractivity contribution in [2.24, 2.45) is 10.8 Å². The fourth-order valence-corrected chi connectivity index (χ4v) is 3.02. The fourth-order valence-electron chi connectivity index (χ4n) is 3.02. The van der Waals surface area contributed by atoms with Crippen LogP contribution < -0.4 is 0 Å². The smallest absolute Gasteiger partial charge is 0.0436 e. The van der Waals surface area contributed by atoms with E-state index in [1.807, 2.05) is 0 Å². The zero-order valence-electron chi connectivity index (χ0n) is 15.1. The van der Waals surface area contributed by atoms with Gasteiger partial charge in [-0.3, -0.25) is 0 Å². The molecule has 0 saturated carbocycles. The third kappa shape index (κ3) is 13.3. The van der Waals surface area contributed by atoms with Crippen LogP contribution in [-0.2, 0) is 0 Å². The number of hydrogen-bond donors (Lipinski definition) is 2. The predicted octanol–water partition coefficient (Wildman–Crippen LogP) is 5.31. The van der Waals surface area contributed by atoms with Crippen LogP contribution in [0.3, 0.4) is 0 Å². The average Bonchev–Trinajstić information content (AvgIpc) is 2.39. The monoisotopic (exact) mass is 300 g/mol. The molecule has 0 spiro atoms. The Balaban J connectivity index is 3.44. The molecule has 2 heteroatoms. The Kier molecular flexibility index (Phi) is 11.4. The van der Waals surface area contributed by atoms with E-state index in [1.54, 1.807) is 0 Å². The van der Waals surface area contributed by atoms with Crippen LogP contribution in [0.2, 0.25) is 0 Å². The van der Waals surface area contributed by atoms with E-state index in [0.717, 1.165) is 19.3 Å². The molecule has 0 radical (unpaired) electrons. The molecule has 0 atom stereocenters. The largest absolute Gasteiger partial charge is 0.396 e. The summed E-state index contributed by atoms with van der Waals surface area (Å²) in [6.45, 7) is 9.82. The summed E-state index contributed by atoms with van der Waals surface area (Å²) in [6, 6.07) is 0. The predicted molar refractivity (Wildman–Crippen MR) is 92.5 cm³/mol. The van der Waals surface area contributed by atoms with Crippen molar-refractivity contribution >= 4 is 0 Å². The summed E-state index contributed by atoms with van der Waals surface area (Å²) in [7, 11) is 0. The molecule has 0 aromatic rings. The highest BCUT2D eigenvalue weighted by molar-refractivity contribution is 4.69. The third-order valence-electron chi connectivity index (χ3n) is 4.76. The van der Waals surface area contributed by atoms with Crippen molar-refractivity contribution in [1.29, 1.82) is 0 Å². The highest BCUT2D eigenvalue weighted by atomic mass is 16.3.